The highest BCUT2D eigenvalue weighted by molar-refractivity contribution is 6.07. The van der Waals surface area contributed by atoms with Gasteiger partial charge in [-0.2, -0.15) is 13.2 Å². The molecule has 0 fully saturated rings. The summed E-state index contributed by atoms with van der Waals surface area (Å²) in [6.07, 6.45) is -4.56. The Labute approximate surface area is 206 Å². The summed E-state index contributed by atoms with van der Waals surface area (Å²) in [5.41, 5.74) is 1.17. The molecule has 0 saturated carbocycles. The fourth-order valence-electron chi connectivity index (χ4n) is 3.83. The molecule has 0 aliphatic heterocycles. The Bertz CT molecular complexity index is 1380. The van der Waals surface area contributed by atoms with Crippen LogP contribution in [0.25, 0.3) is 10.8 Å². The van der Waals surface area contributed by atoms with Crippen molar-refractivity contribution in [2.24, 2.45) is 0 Å². The fourth-order valence-corrected chi connectivity index (χ4v) is 3.83. The number of halogens is 3. The first kappa shape index (κ1) is 24.8. The van der Waals surface area contributed by atoms with Crippen LogP contribution in [-0.4, -0.2) is 25.0 Å². The monoisotopic (exact) mass is 491 g/mol. The number of carbonyl (C=O) groups is 2. The maximum Gasteiger partial charge on any atom is 0.416 e. The van der Waals surface area contributed by atoms with Gasteiger partial charge in [-0.25, -0.2) is 4.79 Å². The molecule has 4 rings (SSSR count). The van der Waals surface area contributed by atoms with Crippen molar-refractivity contribution in [2.45, 2.75) is 13.1 Å². The van der Waals surface area contributed by atoms with E-state index in [1.807, 2.05) is 49.4 Å². The van der Waals surface area contributed by atoms with Gasteiger partial charge in [0.15, 0.2) is 0 Å². The lowest BCUT2D eigenvalue weighted by molar-refractivity contribution is -0.137. The number of carbonyl (C=O) groups excluding carboxylic acids is 2. The molecule has 0 bridgehead atoms. The van der Waals surface area contributed by atoms with Gasteiger partial charge in [-0.3, -0.25) is 9.69 Å². The minimum atomic E-state index is -4.56. The van der Waals surface area contributed by atoms with E-state index in [2.05, 4.69) is 10.6 Å². The van der Waals surface area contributed by atoms with Gasteiger partial charge >= 0.3 is 12.2 Å². The molecule has 8 heteroatoms. The van der Waals surface area contributed by atoms with E-state index >= 15 is 0 Å². The topological polar surface area (TPSA) is 61.4 Å². The number of anilines is 2. The summed E-state index contributed by atoms with van der Waals surface area (Å²) in [6.45, 7) is 1.88. The fraction of sp³-hybridized carbons (Fsp3) is 0.143. The van der Waals surface area contributed by atoms with E-state index in [-0.39, 0.29) is 24.7 Å². The highest BCUT2D eigenvalue weighted by atomic mass is 19.4. The van der Waals surface area contributed by atoms with E-state index < -0.39 is 17.8 Å². The zero-order valence-electron chi connectivity index (χ0n) is 19.5. The average molecular weight is 492 g/mol. The molecular weight excluding hydrogens is 467 g/mol. The summed E-state index contributed by atoms with van der Waals surface area (Å²) in [5.74, 6) is -0.338. The number of hydrogen-bond acceptors (Lipinski definition) is 2. The Kier molecular flexibility index (Phi) is 7.24. The van der Waals surface area contributed by atoms with Crippen LogP contribution in [0, 0.1) is 6.92 Å². The highest BCUT2D eigenvalue weighted by Crippen LogP contribution is 2.32. The lowest BCUT2D eigenvalue weighted by atomic mass is 10.0. The smallest absolute Gasteiger partial charge is 0.350 e. The van der Waals surface area contributed by atoms with E-state index in [9.17, 15) is 22.8 Å². The minimum absolute atomic E-state index is 0.0274. The molecule has 3 amide bonds. The van der Waals surface area contributed by atoms with Crippen molar-refractivity contribution in [1.82, 2.24) is 5.32 Å². The summed E-state index contributed by atoms with van der Waals surface area (Å²) < 4.78 is 39.9. The first-order chi connectivity index (χ1) is 17.2. The lowest BCUT2D eigenvalue weighted by Gasteiger charge is -2.24. The van der Waals surface area contributed by atoms with Gasteiger partial charge in [0.05, 0.1) is 5.56 Å². The molecule has 0 aliphatic carbocycles. The van der Waals surface area contributed by atoms with Crippen LogP contribution in [0.1, 0.15) is 21.5 Å². The van der Waals surface area contributed by atoms with Gasteiger partial charge in [-0.1, -0.05) is 60.2 Å². The Morgan fingerprint density at radius 2 is 1.56 bits per heavy atom. The van der Waals surface area contributed by atoms with Gasteiger partial charge in [-0.15, -0.1) is 0 Å². The molecule has 0 aromatic heterocycles. The van der Waals surface area contributed by atoms with Crippen molar-refractivity contribution in [3.05, 3.63) is 108 Å². The number of alkyl halides is 3. The van der Waals surface area contributed by atoms with Crippen LogP contribution >= 0.6 is 0 Å². The summed E-state index contributed by atoms with van der Waals surface area (Å²) in [6, 6.07) is 23.8. The molecule has 0 saturated heterocycles. The van der Waals surface area contributed by atoms with Crippen LogP contribution in [0.2, 0.25) is 0 Å². The molecule has 0 aliphatic rings. The first-order valence-electron chi connectivity index (χ1n) is 11.3. The van der Waals surface area contributed by atoms with Crippen molar-refractivity contribution < 1.29 is 22.8 Å². The summed E-state index contributed by atoms with van der Waals surface area (Å²) in [5, 5.41) is 7.18. The SMILES string of the molecule is Cc1ccc(NC(=O)N(CCNC(=O)c2cccc3ccccc23)c2cccc(C(F)(F)F)c2)cc1. The van der Waals surface area contributed by atoms with E-state index in [1.165, 1.54) is 17.0 Å². The van der Waals surface area contributed by atoms with Crippen molar-refractivity contribution in [3.63, 3.8) is 0 Å². The number of urea groups is 1. The van der Waals surface area contributed by atoms with E-state index in [4.69, 9.17) is 0 Å². The van der Waals surface area contributed by atoms with E-state index in [0.717, 1.165) is 28.5 Å². The quantitative estimate of drug-likeness (QED) is 0.318. The van der Waals surface area contributed by atoms with Gasteiger partial charge in [0.2, 0.25) is 0 Å². The number of fused-ring (bicyclic) bond motifs is 1. The van der Waals surface area contributed by atoms with Crippen LogP contribution in [0.15, 0.2) is 91.0 Å². The summed E-state index contributed by atoms with van der Waals surface area (Å²) >= 11 is 0. The van der Waals surface area contributed by atoms with Crippen LogP contribution in [0.3, 0.4) is 0 Å². The van der Waals surface area contributed by atoms with E-state index in [0.29, 0.717) is 11.3 Å². The van der Waals surface area contributed by atoms with Crippen LogP contribution in [0.5, 0.6) is 0 Å². The number of hydrogen-bond donors (Lipinski definition) is 2. The molecule has 0 unspecified atom stereocenters. The zero-order valence-corrected chi connectivity index (χ0v) is 19.5. The maximum atomic E-state index is 13.3. The molecule has 36 heavy (non-hydrogen) atoms. The van der Waals surface area contributed by atoms with Crippen LogP contribution < -0.4 is 15.5 Å². The molecule has 184 valence electrons. The Balaban J connectivity index is 1.54. The minimum Gasteiger partial charge on any atom is -0.350 e. The van der Waals surface area contributed by atoms with Gasteiger partial charge < -0.3 is 10.6 Å². The molecule has 2 N–H and O–H groups in total. The third kappa shape index (κ3) is 5.83. The number of nitrogens with zero attached hydrogens (tertiary/aromatic N) is 1. The van der Waals surface area contributed by atoms with Crippen LogP contribution in [0.4, 0.5) is 29.3 Å². The molecule has 0 radical (unpaired) electrons. The van der Waals surface area contributed by atoms with Crippen molar-refractivity contribution >= 4 is 34.1 Å². The van der Waals surface area contributed by atoms with Gasteiger partial charge in [-0.05, 0) is 54.1 Å². The molecule has 0 atom stereocenters. The number of nitrogens with one attached hydrogen (secondary N) is 2. The predicted molar refractivity (Wildman–Crippen MR) is 135 cm³/mol. The second kappa shape index (κ2) is 10.5. The van der Waals surface area contributed by atoms with E-state index in [1.54, 1.807) is 24.3 Å². The van der Waals surface area contributed by atoms with Crippen LogP contribution in [-0.2, 0) is 6.18 Å². The van der Waals surface area contributed by atoms with Gasteiger partial charge in [0, 0.05) is 30.0 Å². The number of rotatable bonds is 6. The van der Waals surface area contributed by atoms with Crippen molar-refractivity contribution in [2.75, 3.05) is 23.3 Å². The third-order valence-electron chi connectivity index (χ3n) is 5.69. The van der Waals surface area contributed by atoms with Crippen molar-refractivity contribution in [3.8, 4) is 0 Å². The normalized spacial score (nSPS) is 11.2. The number of aryl methyl sites for hydroxylation is 1. The highest BCUT2D eigenvalue weighted by Gasteiger charge is 2.31. The standard InChI is InChI=1S/C28H24F3N3O2/c1-19-12-14-22(15-13-19)33-27(36)34(23-9-5-8-21(18-23)28(29,30)31)17-16-32-26(35)25-11-4-7-20-6-2-3-10-24(20)25/h2-15,18H,16-17H2,1H3,(H,32,35)(H,33,36). The van der Waals surface area contributed by atoms with Gasteiger partial charge in [0.1, 0.15) is 0 Å². The van der Waals surface area contributed by atoms with Gasteiger partial charge in [0.25, 0.3) is 5.91 Å². The molecule has 4 aromatic carbocycles. The molecule has 0 heterocycles. The Morgan fingerprint density at radius 3 is 2.31 bits per heavy atom. The summed E-state index contributed by atoms with van der Waals surface area (Å²) in [7, 11) is 0. The third-order valence-corrected chi connectivity index (χ3v) is 5.69. The second-order valence-electron chi connectivity index (χ2n) is 8.28. The zero-order chi connectivity index (χ0) is 25.7. The van der Waals surface area contributed by atoms with Crippen molar-refractivity contribution in [1.29, 1.82) is 0 Å². The first-order valence-corrected chi connectivity index (χ1v) is 11.3. The summed E-state index contributed by atoms with van der Waals surface area (Å²) in [4.78, 5) is 27.2. The predicted octanol–water partition coefficient (Wildman–Crippen LogP) is 6.64. The number of benzene rings is 4. The molecule has 5 nitrogen and oxygen atoms in total. The Hall–Kier alpha value is -4.33. The largest absolute Gasteiger partial charge is 0.416 e. The number of amides is 3. The maximum absolute atomic E-state index is 13.3. The average Bonchev–Trinajstić information content (AvgIpc) is 2.87. The second-order valence-corrected chi connectivity index (χ2v) is 8.28. The Morgan fingerprint density at radius 1 is 0.861 bits per heavy atom. The molecular formula is C28H24F3N3O2. The lowest BCUT2D eigenvalue weighted by Crippen LogP contribution is -2.41. The molecule has 0 spiro atoms. The molecule has 4 aromatic rings.